The van der Waals surface area contributed by atoms with Gasteiger partial charge in [-0.1, -0.05) is 30.3 Å². The molecule has 0 saturated heterocycles. The molecule has 0 aliphatic rings. The molecule has 0 aliphatic heterocycles. The predicted molar refractivity (Wildman–Crippen MR) is 94.8 cm³/mol. The number of nitrogens with zero attached hydrogens (tertiary/aromatic N) is 1. The van der Waals surface area contributed by atoms with Gasteiger partial charge in [0, 0.05) is 12.3 Å². The van der Waals surface area contributed by atoms with E-state index in [0.717, 1.165) is 5.56 Å². The van der Waals surface area contributed by atoms with E-state index in [4.69, 9.17) is 4.74 Å². The van der Waals surface area contributed by atoms with Crippen LogP contribution < -0.4 is 10.1 Å². The van der Waals surface area contributed by atoms with Gasteiger partial charge in [0.2, 0.25) is 11.8 Å². The summed E-state index contributed by atoms with van der Waals surface area (Å²) in [6, 6.07) is 18.4. The van der Waals surface area contributed by atoms with Gasteiger partial charge in [0.25, 0.3) is 0 Å². The van der Waals surface area contributed by atoms with Crippen molar-refractivity contribution < 1.29 is 13.9 Å². The van der Waals surface area contributed by atoms with Crippen molar-refractivity contribution in [2.24, 2.45) is 0 Å². The molecule has 0 bridgehead atoms. The molecule has 1 heterocycles. The van der Waals surface area contributed by atoms with E-state index >= 15 is 0 Å². The van der Waals surface area contributed by atoms with Gasteiger partial charge in [-0.25, -0.2) is 9.37 Å². The van der Waals surface area contributed by atoms with Crippen LogP contribution in [0, 0.1) is 5.82 Å². The molecule has 3 aromatic rings. The number of carbonyl (C=O) groups is 1. The zero-order valence-electron chi connectivity index (χ0n) is 13.2. The summed E-state index contributed by atoms with van der Waals surface area (Å²) in [6.45, 7) is 0. The predicted octanol–water partition coefficient (Wildman–Crippen LogP) is 4.66. The summed E-state index contributed by atoms with van der Waals surface area (Å²) in [7, 11) is 0. The van der Waals surface area contributed by atoms with E-state index in [-0.39, 0.29) is 17.6 Å². The fraction of sp³-hybridized carbons (Fsp3) is 0. The van der Waals surface area contributed by atoms with E-state index in [1.54, 1.807) is 24.4 Å². The monoisotopic (exact) mass is 334 g/mol. The minimum Gasteiger partial charge on any atom is -0.437 e. The number of pyridine rings is 1. The molecular weight excluding hydrogens is 319 g/mol. The number of amides is 1. The third-order valence-corrected chi connectivity index (χ3v) is 3.28. The Morgan fingerprint density at radius 2 is 1.76 bits per heavy atom. The first kappa shape index (κ1) is 16.4. The lowest BCUT2D eigenvalue weighted by molar-refractivity contribution is -0.111. The molecule has 4 nitrogen and oxygen atoms in total. The fourth-order valence-corrected chi connectivity index (χ4v) is 2.09. The second-order valence-corrected chi connectivity index (χ2v) is 5.15. The van der Waals surface area contributed by atoms with E-state index < -0.39 is 0 Å². The molecule has 1 amide bonds. The number of halogens is 1. The summed E-state index contributed by atoms with van der Waals surface area (Å²) >= 11 is 0. The van der Waals surface area contributed by atoms with Crippen molar-refractivity contribution in [2.75, 3.05) is 5.32 Å². The molecule has 25 heavy (non-hydrogen) atoms. The standard InChI is InChI=1S/C20H15FN2O2/c21-16-9-11-17(12-10-16)25-20-18(7-4-14-22-20)23-19(24)13-8-15-5-2-1-3-6-15/h1-14H,(H,23,24)/b13-8+. The number of carbonyl (C=O) groups excluding carboxylic acids is 1. The highest BCUT2D eigenvalue weighted by molar-refractivity contribution is 6.02. The van der Waals surface area contributed by atoms with Gasteiger partial charge in [0.1, 0.15) is 17.3 Å². The fourth-order valence-electron chi connectivity index (χ4n) is 2.09. The van der Waals surface area contributed by atoms with Crippen molar-refractivity contribution in [2.45, 2.75) is 0 Å². The highest BCUT2D eigenvalue weighted by atomic mass is 19.1. The quantitative estimate of drug-likeness (QED) is 0.690. The lowest BCUT2D eigenvalue weighted by Crippen LogP contribution is -2.09. The summed E-state index contributed by atoms with van der Waals surface area (Å²) in [5.74, 6) is -0.000230. The first-order valence-electron chi connectivity index (χ1n) is 7.63. The number of ether oxygens (including phenoxy) is 1. The van der Waals surface area contributed by atoms with Gasteiger partial charge < -0.3 is 10.1 Å². The van der Waals surface area contributed by atoms with Gasteiger partial charge >= 0.3 is 0 Å². The Balaban J connectivity index is 1.71. The second-order valence-electron chi connectivity index (χ2n) is 5.15. The highest BCUT2D eigenvalue weighted by Gasteiger charge is 2.08. The molecule has 2 aromatic carbocycles. The van der Waals surface area contributed by atoms with Crippen LogP contribution in [0.4, 0.5) is 10.1 Å². The van der Waals surface area contributed by atoms with Crippen LogP contribution >= 0.6 is 0 Å². The highest BCUT2D eigenvalue weighted by Crippen LogP contribution is 2.26. The second kappa shape index (κ2) is 7.88. The number of benzene rings is 2. The minimum absolute atomic E-state index is 0.232. The largest absolute Gasteiger partial charge is 0.437 e. The molecule has 124 valence electrons. The Hall–Kier alpha value is -3.47. The van der Waals surface area contributed by atoms with Gasteiger partial charge in [-0.2, -0.15) is 0 Å². The maximum Gasteiger partial charge on any atom is 0.248 e. The van der Waals surface area contributed by atoms with Crippen molar-refractivity contribution in [1.29, 1.82) is 0 Å². The van der Waals surface area contributed by atoms with E-state index in [2.05, 4.69) is 10.3 Å². The van der Waals surface area contributed by atoms with Crippen LogP contribution in [0.1, 0.15) is 5.56 Å². The van der Waals surface area contributed by atoms with Gasteiger partial charge in [0.15, 0.2) is 0 Å². The molecule has 0 unspecified atom stereocenters. The van der Waals surface area contributed by atoms with Crippen LogP contribution in [-0.2, 0) is 4.79 Å². The van der Waals surface area contributed by atoms with Crippen molar-refractivity contribution >= 4 is 17.7 Å². The molecule has 0 fully saturated rings. The zero-order chi connectivity index (χ0) is 17.5. The first-order chi connectivity index (χ1) is 12.2. The van der Waals surface area contributed by atoms with Crippen LogP contribution in [0.5, 0.6) is 11.6 Å². The molecule has 3 rings (SSSR count). The van der Waals surface area contributed by atoms with Crippen LogP contribution in [0.15, 0.2) is 79.0 Å². The summed E-state index contributed by atoms with van der Waals surface area (Å²) < 4.78 is 18.6. The smallest absolute Gasteiger partial charge is 0.248 e. The van der Waals surface area contributed by atoms with Gasteiger partial charge in [0.05, 0.1) is 0 Å². The van der Waals surface area contributed by atoms with Crippen molar-refractivity contribution in [3.63, 3.8) is 0 Å². The molecule has 0 atom stereocenters. The van der Waals surface area contributed by atoms with Gasteiger partial charge in [-0.05, 0) is 48.0 Å². The number of aromatic nitrogens is 1. The van der Waals surface area contributed by atoms with Gasteiger partial charge in [-0.3, -0.25) is 4.79 Å². The van der Waals surface area contributed by atoms with Gasteiger partial charge in [-0.15, -0.1) is 0 Å². The van der Waals surface area contributed by atoms with Crippen molar-refractivity contribution in [3.8, 4) is 11.6 Å². The van der Waals surface area contributed by atoms with E-state index in [9.17, 15) is 9.18 Å². The van der Waals surface area contributed by atoms with Crippen LogP contribution in [-0.4, -0.2) is 10.9 Å². The minimum atomic E-state index is -0.354. The molecule has 5 heteroatoms. The summed E-state index contributed by atoms with van der Waals surface area (Å²) in [6.07, 6.45) is 4.70. The van der Waals surface area contributed by atoms with E-state index in [0.29, 0.717) is 11.4 Å². The van der Waals surface area contributed by atoms with Crippen molar-refractivity contribution in [3.05, 3.63) is 90.4 Å². The van der Waals surface area contributed by atoms with Crippen LogP contribution in [0.25, 0.3) is 6.08 Å². The van der Waals surface area contributed by atoms with Crippen LogP contribution in [0.2, 0.25) is 0 Å². The zero-order valence-corrected chi connectivity index (χ0v) is 13.2. The summed E-state index contributed by atoms with van der Waals surface area (Å²) in [4.78, 5) is 16.2. The Bertz CT molecular complexity index is 878. The Kier molecular flexibility index (Phi) is 5.16. The molecule has 1 aromatic heterocycles. The first-order valence-corrected chi connectivity index (χ1v) is 7.63. The normalized spacial score (nSPS) is 10.6. The SMILES string of the molecule is O=C(/C=C/c1ccccc1)Nc1cccnc1Oc1ccc(F)cc1. The molecule has 0 saturated carbocycles. The Labute approximate surface area is 144 Å². The van der Waals surface area contributed by atoms with E-state index in [1.807, 2.05) is 30.3 Å². The number of nitrogens with one attached hydrogen (secondary N) is 1. The van der Waals surface area contributed by atoms with Crippen molar-refractivity contribution in [1.82, 2.24) is 4.98 Å². The van der Waals surface area contributed by atoms with Crippen LogP contribution in [0.3, 0.4) is 0 Å². The Morgan fingerprint density at radius 1 is 1.00 bits per heavy atom. The average Bonchev–Trinajstić information content (AvgIpc) is 2.64. The molecule has 1 N–H and O–H groups in total. The number of rotatable bonds is 5. The topological polar surface area (TPSA) is 51.2 Å². The summed E-state index contributed by atoms with van der Waals surface area (Å²) in [5.41, 5.74) is 1.35. The third kappa shape index (κ3) is 4.75. The maximum atomic E-state index is 13.0. The molecular formula is C20H15FN2O2. The molecule has 0 radical (unpaired) electrons. The lowest BCUT2D eigenvalue weighted by atomic mass is 10.2. The average molecular weight is 334 g/mol. The lowest BCUT2D eigenvalue weighted by Gasteiger charge is -2.10. The maximum absolute atomic E-state index is 13.0. The number of hydrogen-bond donors (Lipinski definition) is 1. The number of hydrogen-bond acceptors (Lipinski definition) is 3. The molecule has 0 spiro atoms. The number of anilines is 1. The molecule has 0 aliphatic carbocycles. The van der Waals surface area contributed by atoms with E-state index in [1.165, 1.54) is 30.3 Å². The third-order valence-electron chi connectivity index (χ3n) is 3.28. The summed E-state index contributed by atoms with van der Waals surface area (Å²) in [5, 5.41) is 2.73. The Morgan fingerprint density at radius 3 is 2.52 bits per heavy atom.